The van der Waals surface area contributed by atoms with Crippen LogP contribution in [0.25, 0.3) is 0 Å². The van der Waals surface area contributed by atoms with Crippen LogP contribution in [0.3, 0.4) is 0 Å². The molecular weight excluding hydrogens is 243 g/mol. The van der Waals surface area contributed by atoms with Gasteiger partial charge in [-0.15, -0.1) is 6.58 Å². The Kier molecular flexibility index (Phi) is 3.87. The van der Waals surface area contributed by atoms with E-state index in [1.165, 1.54) is 6.07 Å². The SMILES string of the molecule is C=CC(C)(CBr)Cc1cccc(F)c1. The lowest BCUT2D eigenvalue weighted by Crippen LogP contribution is -2.18. The minimum atomic E-state index is -0.177. The zero-order valence-corrected chi connectivity index (χ0v) is 9.85. The molecule has 0 nitrogen and oxygen atoms in total. The van der Waals surface area contributed by atoms with Gasteiger partial charge in [-0.2, -0.15) is 0 Å². The molecule has 0 heterocycles. The molecule has 1 aromatic rings. The summed E-state index contributed by atoms with van der Waals surface area (Å²) in [5, 5.41) is 0.833. The van der Waals surface area contributed by atoms with Crippen molar-refractivity contribution in [2.24, 2.45) is 5.41 Å². The average molecular weight is 257 g/mol. The van der Waals surface area contributed by atoms with Crippen molar-refractivity contribution in [3.8, 4) is 0 Å². The highest BCUT2D eigenvalue weighted by Crippen LogP contribution is 2.26. The maximum Gasteiger partial charge on any atom is 0.123 e. The van der Waals surface area contributed by atoms with Crippen LogP contribution in [-0.2, 0) is 6.42 Å². The molecule has 0 aliphatic rings. The molecule has 0 saturated carbocycles. The molecule has 0 aliphatic carbocycles. The second kappa shape index (κ2) is 4.74. The van der Waals surface area contributed by atoms with E-state index >= 15 is 0 Å². The molecule has 0 amide bonds. The van der Waals surface area contributed by atoms with E-state index in [0.29, 0.717) is 0 Å². The Bertz CT molecular complexity index is 322. The third kappa shape index (κ3) is 2.95. The summed E-state index contributed by atoms with van der Waals surface area (Å²) < 4.78 is 12.9. The number of hydrogen-bond acceptors (Lipinski definition) is 0. The van der Waals surface area contributed by atoms with Crippen LogP contribution in [0.5, 0.6) is 0 Å². The summed E-state index contributed by atoms with van der Waals surface area (Å²) in [5.74, 6) is -0.177. The van der Waals surface area contributed by atoms with Crippen molar-refractivity contribution >= 4 is 15.9 Å². The largest absolute Gasteiger partial charge is 0.207 e. The maximum absolute atomic E-state index is 12.9. The number of rotatable bonds is 4. The van der Waals surface area contributed by atoms with E-state index in [1.54, 1.807) is 12.1 Å². The number of halogens is 2. The highest BCUT2D eigenvalue weighted by molar-refractivity contribution is 9.09. The van der Waals surface area contributed by atoms with Gasteiger partial charge < -0.3 is 0 Å². The van der Waals surface area contributed by atoms with Gasteiger partial charge in [0.15, 0.2) is 0 Å². The topological polar surface area (TPSA) is 0 Å². The highest BCUT2D eigenvalue weighted by atomic mass is 79.9. The predicted octanol–water partition coefficient (Wildman–Crippen LogP) is 3.96. The summed E-state index contributed by atoms with van der Waals surface area (Å²) in [6.45, 7) is 5.90. The van der Waals surface area contributed by atoms with Crippen LogP contribution in [0.15, 0.2) is 36.9 Å². The first-order valence-corrected chi connectivity index (χ1v) is 5.66. The molecule has 2 heteroatoms. The number of alkyl halides is 1. The Hall–Kier alpha value is -0.630. The van der Waals surface area contributed by atoms with Gasteiger partial charge in [0.25, 0.3) is 0 Å². The van der Waals surface area contributed by atoms with Crippen LogP contribution >= 0.6 is 15.9 Å². The molecule has 1 rings (SSSR count). The van der Waals surface area contributed by atoms with Gasteiger partial charge in [-0.05, 0) is 29.5 Å². The Morgan fingerprint density at radius 3 is 2.79 bits per heavy atom. The van der Waals surface area contributed by atoms with Crippen LogP contribution in [-0.4, -0.2) is 5.33 Å². The molecule has 1 unspecified atom stereocenters. The Morgan fingerprint density at radius 1 is 1.57 bits per heavy atom. The Morgan fingerprint density at radius 2 is 2.29 bits per heavy atom. The fourth-order valence-corrected chi connectivity index (χ4v) is 1.71. The summed E-state index contributed by atoms with van der Waals surface area (Å²) in [6.07, 6.45) is 2.71. The van der Waals surface area contributed by atoms with Gasteiger partial charge in [-0.1, -0.05) is 41.1 Å². The maximum atomic E-state index is 12.9. The second-order valence-electron chi connectivity index (χ2n) is 3.80. The van der Waals surface area contributed by atoms with Crippen LogP contribution in [0, 0.1) is 11.2 Å². The van der Waals surface area contributed by atoms with E-state index in [1.807, 2.05) is 12.1 Å². The van der Waals surface area contributed by atoms with Gasteiger partial charge in [0, 0.05) is 5.33 Å². The third-order valence-electron chi connectivity index (χ3n) is 2.30. The molecule has 0 aromatic heterocycles. The molecule has 0 bridgehead atoms. The second-order valence-corrected chi connectivity index (χ2v) is 4.36. The normalized spacial score (nSPS) is 14.8. The molecule has 0 spiro atoms. The molecule has 0 aliphatic heterocycles. The standard InChI is InChI=1S/C12H14BrF/c1-3-12(2,9-13)8-10-5-4-6-11(14)7-10/h3-7H,1,8-9H2,2H3. The first-order valence-electron chi connectivity index (χ1n) is 4.54. The van der Waals surface area contributed by atoms with Crippen LogP contribution in [0.1, 0.15) is 12.5 Å². The molecule has 76 valence electrons. The Balaban J connectivity index is 2.82. The molecule has 0 N–H and O–H groups in total. The number of benzene rings is 1. The summed E-state index contributed by atoms with van der Waals surface area (Å²) in [6, 6.07) is 6.71. The van der Waals surface area contributed by atoms with Crippen molar-refractivity contribution in [3.05, 3.63) is 48.3 Å². The van der Waals surface area contributed by atoms with E-state index in [0.717, 1.165) is 17.3 Å². The third-order valence-corrected chi connectivity index (χ3v) is 3.58. The molecular formula is C12H14BrF. The van der Waals surface area contributed by atoms with Gasteiger partial charge in [0.1, 0.15) is 5.82 Å². The van der Waals surface area contributed by atoms with Crippen LogP contribution in [0.2, 0.25) is 0 Å². The smallest absolute Gasteiger partial charge is 0.123 e. The van der Waals surface area contributed by atoms with Crippen LogP contribution in [0.4, 0.5) is 4.39 Å². The first kappa shape index (κ1) is 11.4. The zero-order chi connectivity index (χ0) is 10.6. The van der Waals surface area contributed by atoms with E-state index in [9.17, 15) is 4.39 Å². The molecule has 14 heavy (non-hydrogen) atoms. The van der Waals surface area contributed by atoms with Gasteiger partial charge >= 0.3 is 0 Å². The van der Waals surface area contributed by atoms with Crippen molar-refractivity contribution in [2.45, 2.75) is 13.3 Å². The highest BCUT2D eigenvalue weighted by Gasteiger charge is 2.19. The minimum absolute atomic E-state index is 0.00616. The number of hydrogen-bond donors (Lipinski definition) is 0. The van der Waals surface area contributed by atoms with Crippen molar-refractivity contribution in [3.63, 3.8) is 0 Å². The number of allylic oxidation sites excluding steroid dienone is 1. The first-order chi connectivity index (χ1) is 6.59. The van der Waals surface area contributed by atoms with Gasteiger partial charge in [-0.25, -0.2) is 4.39 Å². The fraction of sp³-hybridized carbons (Fsp3) is 0.333. The van der Waals surface area contributed by atoms with E-state index in [2.05, 4.69) is 29.4 Å². The molecule has 0 fully saturated rings. The quantitative estimate of drug-likeness (QED) is 0.565. The summed E-state index contributed by atoms with van der Waals surface area (Å²) in [7, 11) is 0. The molecule has 0 saturated heterocycles. The lowest BCUT2D eigenvalue weighted by atomic mass is 9.86. The van der Waals surface area contributed by atoms with E-state index < -0.39 is 0 Å². The van der Waals surface area contributed by atoms with E-state index in [4.69, 9.17) is 0 Å². The zero-order valence-electron chi connectivity index (χ0n) is 8.26. The predicted molar refractivity (Wildman–Crippen MR) is 62.2 cm³/mol. The van der Waals surface area contributed by atoms with Gasteiger partial charge in [-0.3, -0.25) is 0 Å². The average Bonchev–Trinajstić information content (AvgIpc) is 2.18. The van der Waals surface area contributed by atoms with E-state index in [-0.39, 0.29) is 11.2 Å². The van der Waals surface area contributed by atoms with Crippen molar-refractivity contribution < 1.29 is 4.39 Å². The van der Waals surface area contributed by atoms with Crippen molar-refractivity contribution in [1.82, 2.24) is 0 Å². The fourth-order valence-electron chi connectivity index (χ4n) is 1.29. The summed E-state index contributed by atoms with van der Waals surface area (Å²) >= 11 is 3.44. The van der Waals surface area contributed by atoms with Gasteiger partial charge in [0.05, 0.1) is 0 Å². The van der Waals surface area contributed by atoms with Gasteiger partial charge in [0.2, 0.25) is 0 Å². The monoisotopic (exact) mass is 256 g/mol. The summed E-state index contributed by atoms with van der Waals surface area (Å²) in [5.41, 5.74) is 1.00. The minimum Gasteiger partial charge on any atom is -0.207 e. The van der Waals surface area contributed by atoms with Crippen molar-refractivity contribution in [2.75, 3.05) is 5.33 Å². The van der Waals surface area contributed by atoms with Crippen molar-refractivity contribution in [1.29, 1.82) is 0 Å². The van der Waals surface area contributed by atoms with Crippen LogP contribution < -0.4 is 0 Å². The lowest BCUT2D eigenvalue weighted by molar-refractivity contribution is 0.491. The molecule has 1 aromatic carbocycles. The molecule has 1 atom stereocenters. The summed E-state index contributed by atoms with van der Waals surface area (Å²) in [4.78, 5) is 0. The lowest BCUT2D eigenvalue weighted by Gasteiger charge is -2.22. The molecule has 0 radical (unpaired) electrons. The Labute approximate surface area is 93.0 Å².